The van der Waals surface area contributed by atoms with Crippen LogP contribution in [0.5, 0.6) is 0 Å². The van der Waals surface area contributed by atoms with Gasteiger partial charge in [-0.15, -0.1) is 11.3 Å². The van der Waals surface area contributed by atoms with Crippen molar-refractivity contribution in [1.82, 2.24) is 15.0 Å². The second kappa shape index (κ2) is 8.04. The number of halogens is 2. The first kappa shape index (κ1) is 19.7. The molecule has 0 saturated carbocycles. The number of aromatic nitrogens is 2. The van der Waals surface area contributed by atoms with E-state index in [0.717, 1.165) is 35.9 Å². The number of thiophene rings is 1. The first-order valence-electron chi connectivity index (χ1n) is 9.19. The standard InChI is InChI=1S/C20H18ClFN4O2S/c1-11-5-6-12-16(7-11)29-19-18(12)20(28)26(10-23-19)9-17(27)25-24-8-13-14(21)3-2-4-15(13)22/h2-4,8,10-11H,5-7,9H2,1H3,(H,25,27). The molecule has 0 spiro atoms. The van der Waals surface area contributed by atoms with Crippen LogP contribution in [0.25, 0.3) is 10.2 Å². The van der Waals surface area contributed by atoms with E-state index in [2.05, 4.69) is 22.4 Å². The van der Waals surface area contributed by atoms with Gasteiger partial charge in [-0.2, -0.15) is 5.10 Å². The average Bonchev–Trinajstić information content (AvgIpc) is 3.04. The Balaban J connectivity index is 1.52. The van der Waals surface area contributed by atoms with Crippen molar-refractivity contribution in [2.45, 2.75) is 32.7 Å². The Bertz CT molecular complexity index is 1170. The number of benzene rings is 1. The number of hydrogen-bond donors (Lipinski definition) is 1. The Labute approximate surface area is 175 Å². The lowest BCUT2D eigenvalue weighted by Crippen LogP contribution is -2.30. The van der Waals surface area contributed by atoms with Gasteiger partial charge in [0, 0.05) is 10.4 Å². The Morgan fingerprint density at radius 2 is 2.34 bits per heavy atom. The molecule has 2 aromatic heterocycles. The summed E-state index contributed by atoms with van der Waals surface area (Å²) in [5, 5.41) is 4.54. The molecule has 1 N–H and O–H groups in total. The minimum Gasteiger partial charge on any atom is -0.289 e. The van der Waals surface area contributed by atoms with Crippen molar-refractivity contribution in [2.75, 3.05) is 0 Å². The Kier molecular flexibility index (Phi) is 5.47. The van der Waals surface area contributed by atoms with E-state index in [0.29, 0.717) is 11.3 Å². The molecule has 0 aliphatic heterocycles. The molecule has 1 atom stereocenters. The highest BCUT2D eigenvalue weighted by atomic mass is 35.5. The lowest BCUT2D eigenvalue weighted by atomic mass is 9.89. The Hall–Kier alpha value is -2.58. The number of amides is 1. The lowest BCUT2D eigenvalue weighted by Gasteiger charge is -2.17. The van der Waals surface area contributed by atoms with Crippen LogP contribution in [-0.2, 0) is 24.2 Å². The van der Waals surface area contributed by atoms with Gasteiger partial charge in [-0.05, 0) is 42.9 Å². The first-order valence-corrected chi connectivity index (χ1v) is 10.4. The van der Waals surface area contributed by atoms with Crippen molar-refractivity contribution in [3.8, 4) is 0 Å². The van der Waals surface area contributed by atoms with E-state index in [4.69, 9.17) is 11.6 Å². The molecule has 0 saturated heterocycles. The zero-order chi connectivity index (χ0) is 20.5. The van der Waals surface area contributed by atoms with Gasteiger partial charge < -0.3 is 0 Å². The van der Waals surface area contributed by atoms with E-state index in [1.54, 1.807) is 11.3 Å². The third-order valence-electron chi connectivity index (χ3n) is 4.98. The van der Waals surface area contributed by atoms with Crippen LogP contribution in [0.1, 0.15) is 29.3 Å². The van der Waals surface area contributed by atoms with Crippen LogP contribution in [-0.4, -0.2) is 21.7 Å². The highest BCUT2D eigenvalue weighted by molar-refractivity contribution is 7.18. The van der Waals surface area contributed by atoms with Crippen molar-refractivity contribution in [1.29, 1.82) is 0 Å². The molecule has 0 radical (unpaired) electrons. The van der Waals surface area contributed by atoms with Crippen LogP contribution in [0, 0.1) is 11.7 Å². The van der Waals surface area contributed by atoms with Gasteiger partial charge in [0.1, 0.15) is 17.2 Å². The van der Waals surface area contributed by atoms with Crippen LogP contribution in [0.2, 0.25) is 5.02 Å². The highest BCUT2D eigenvalue weighted by Crippen LogP contribution is 2.35. The summed E-state index contributed by atoms with van der Waals surface area (Å²) < 4.78 is 15.0. The molecule has 4 rings (SSSR count). The second-order valence-corrected chi connectivity index (χ2v) is 8.63. The van der Waals surface area contributed by atoms with Gasteiger partial charge in [-0.1, -0.05) is 24.6 Å². The fourth-order valence-corrected chi connectivity index (χ4v) is 5.02. The fourth-order valence-electron chi connectivity index (χ4n) is 3.47. The smallest absolute Gasteiger partial charge is 0.262 e. The van der Waals surface area contributed by atoms with Gasteiger partial charge >= 0.3 is 0 Å². The molecular weight excluding hydrogens is 415 g/mol. The molecule has 3 aromatic rings. The summed E-state index contributed by atoms with van der Waals surface area (Å²) >= 11 is 7.47. The average molecular weight is 433 g/mol. The predicted molar refractivity (Wildman–Crippen MR) is 112 cm³/mol. The van der Waals surface area contributed by atoms with Crippen molar-refractivity contribution in [3.05, 3.63) is 61.7 Å². The van der Waals surface area contributed by atoms with Crippen LogP contribution >= 0.6 is 22.9 Å². The maximum atomic E-state index is 13.7. The molecule has 1 unspecified atom stereocenters. The molecule has 6 nitrogen and oxygen atoms in total. The summed E-state index contributed by atoms with van der Waals surface area (Å²) in [5.74, 6) is -0.461. The topological polar surface area (TPSA) is 76.3 Å². The van der Waals surface area contributed by atoms with E-state index in [1.807, 2.05) is 0 Å². The maximum absolute atomic E-state index is 13.7. The molecule has 1 aromatic carbocycles. The largest absolute Gasteiger partial charge is 0.289 e. The summed E-state index contributed by atoms with van der Waals surface area (Å²) in [5.41, 5.74) is 3.22. The van der Waals surface area contributed by atoms with Gasteiger partial charge in [-0.3, -0.25) is 14.2 Å². The minimum atomic E-state index is -0.544. The SMILES string of the molecule is CC1CCc2c(sc3ncn(CC(=O)NN=Cc4c(F)cccc4Cl)c(=O)c23)C1. The van der Waals surface area contributed by atoms with E-state index in [-0.39, 0.29) is 22.7 Å². The highest BCUT2D eigenvalue weighted by Gasteiger charge is 2.23. The number of nitrogens with zero attached hydrogens (tertiary/aromatic N) is 3. The van der Waals surface area contributed by atoms with Crippen LogP contribution < -0.4 is 11.0 Å². The number of hydrogen-bond acceptors (Lipinski definition) is 5. The minimum absolute atomic E-state index is 0.0776. The van der Waals surface area contributed by atoms with Gasteiger partial charge in [0.15, 0.2) is 0 Å². The molecule has 29 heavy (non-hydrogen) atoms. The third-order valence-corrected chi connectivity index (χ3v) is 6.47. The van der Waals surface area contributed by atoms with Crippen molar-refractivity contribution >= 4 is 45.3 Å². The molecule has 1 aliphatic rings. The zero-order valence-corrected chi connectivity index (χ0v) is 17.2. The van der Waals surface area contributed by atoms with Gasteiger partial charge in [0.25, 0.3) is 11.5 Å². The predicted octanol–water partition coefficient (Wildman–Crippen LogP) is 3.53. The normalized spacial score (nSPS) is 16.3. The van der Waals surface area contributed by atoms with Crippen molar-refractivity contribution in [3.63, 3.8) is 0 Å². The third kappa shape index (κ3) is 3.95. The molecular formula is C20H18ClFN4O2S. The Morgan fingerprint density at radius 3 is 3.14 bits per heavy atom. The van der Waals surface area contributed by atoms with Crippen molar-refractivity contribution < 1.29 is 9.18 Å². The van der Waals surface area contributed by atoms with E-state index >= 15 is 0 Å². The fraction of sp³-hybridized carbons (Fsp3) is 0.300. The van der Waals surface area contributed by atoms with E-state index in [1.165, 1.54) is 34.0 Å². The monoisotopic (exact) mass is 432 g/mol. The quantitative estimate of drug-likeness (QED) is 0.506. The number of nitrogens with one attached hydrogen (secondary N) is 1. The number of carbonyl (C=O) groups excluding carboxylic acids is 1. The lowest BCUT2D eigenvalue weighted by molar-refractivity contribution is -0.121. The molecule has 1 aliphatic carbocycles. The maximum Gasteiger partial charge on any atom is 0.262 e. The summed E-state index contributed by atoms with van der Waals surface area (Å²) in [7, 11) is 0. The number of carbonyl (C=O) groups is 1. The van der Waals surface area contributed by atoms with Crippen LogP contribution in [0.3, 0.4) is 0 Å². The number of aryl methyl sites for hydroxylation is 1. The van der Waals surface area contributed by atoms with E-state index < -0.39 is 11.7 Å². The second-order valence-electron chi connectivity index (χ2n) is 7.14. The summed E-state index contributed by atoms with van der Waals surface area (Å²) in [6, 6.07) is 4.25. The van der Waals surface area contributed by atoms with E-state index in [9.17, 15) is 14.0 Å². The molecule has 1 amide bonds. The summed E-state index contributed by atoms with van der Waals surface area (Å²) in [6.45, 7) is 1.98. The molecule has 0 fully saturated rings. The van der Waals surface area contributed by atoms with Gasteiger partial charge in [0.05, 0.1) is 23.0 Å². The van der Waals surface area contributed by atoms with Crippen LogP contribution in [0.4, 0.5) is 4.39 Å². The molecule has 150 valence electrons. The zero-order valence-electron chi connectivity index (χ0n) is 15.6. The van der Waals surface area contributed by atoms with Gasteiger partial charge in [0.2, 0.25) is 0 Å². The number of fused-ring (bicyclic) bond motifs is 3. The van der Waals surface area contributed by atoms with Crippen LogP contribution in [0.15, 0.2) is 34.4 Å². The first-order chi connectivity index (χ1) is 13.9. The van der Waals surface area contributed by atoms with Gasteiger partial charge in [-0.25, -0.2) is 14.8 Å². The number of rotatable bonds is 4. The van der Waals surface area contributed by atoms with Crippen molar-refractivity contribution in [2.24, 2.45) is 11.0 Å². The molecule has 2 heterocycles. The summed E-state index contributed by atoms with van der Waals surface area (Å²) in [6.07, 6.45) is 5.38. The molecule has 0 bridgehead atoms. The molecule has 9 heteroatoms. The number of hydrazone groups is 1. The summed E-state index contributed by atoms with van der Waals surface area (Å²) in [4.78, 5) is 31.4. The Morgan fingerprint density at radius 1 is 1.52 bits per heavy atom.